The summed E-state index contributed by atoms with van der Waals surface area (Å²) in [6, 6.07) is 0. The molecule has 0 N–H and O–H groups in total. The average molecular weight is 128 g/mol. The van der Waals surface area contributed by atoms with E-state index in [1.807, 2.05) is 0 Å². The molecule has 2 radical (unpaired) electrons. The van der Waals surface area contributed by atoms with Crippen LogP contribution in [0.4, 0.5) is 0 Å². The van der Waals surface area contributed by atoms with Gasteiger partial charge in [0.25, 0.3) is 0 Å². The zero-order valence-corrected chi connectivity index (χ0v) is 5.94. The highest BCUT2D eigenvalue weighted by Gasteiger charge is 2.22. The van der Waals surface area contributed by atoms with Crippen LogP contribution in [-0.2, 0) is 9.53 Å². The second-order valence-electron chi connectivity index (χ2n) is 2.28. The molecule has 0 aromatic rings. The molecule has 0 saturated heterocycles. The molecule has 0 rings (SSSR count). The standard InChI is InChI=1S/C7H12O2/c1-5-9-6(8)7(2,3)4/h2-3,5H2,1,4H3. The molecule has 0 aromatic heterocycles. The van der Waals surface area contributed by atoms with Crippen LogP contribution in [0.25, 0.3) is 0 Å². The van der Waals surface area contributed by atoms with Crippen molar-refractivity contribution in [2.75, 3.05) is 6.61 Å². The molecule has 0 spiro atoms. The molecule has 0 aromatic carbocycles. The molecular weight excluding hydrogens is 116 g/mol. The number of ether oxygens (including phenoxy) is 1. The maximum atomic E-state index is 10.7. The molecule has 52 valence electrons. The monoisotopic (exact) mass is 128 g/mol. The van der Waals surface area contributed by atoms with Crippen molar-refractivity contribution < 1.29 is 9.53 Å². The summed E-state index contributed by atoms with van der Waals surface area (Å²) in [7, 11) is 0. The predicted molar refractivity (Wildman–Crippen MR) is 35.5 cm³/mol. The van der Waals surface area contributed by atoms with E-state index in [2.05, 4.69) is 18.6 Å². The van der Waals surface area contributed by atoms with Gasteiger partial charge in [0.2, 0.25) is 0 Å². The summed E-state index contributed by atoms with van der Waals surface area (Å²) >= 11 is 0. The molecular formula is C7H12O2. The Labute approximate surface area is 56.2 Å². The van der Waals surface area contributed by atoms with Crippen molar-refractivity contribution in [2.24, 2.45) is 5.41 Å². The van der Waals surface area contributed by atoms with E-state index in [1.165, 1.54) is 0 Å². The minimum Gasteiger partial charge on any atom is -0.466 e. The summed E-state index contributed by atoms with van der Waals surface area (Å²) in [6.45, 7) is 10.8. The smallest absolute Gasteiger partial charge is 0.311 e. The van der Waals surface area contributed by atoms with Gasteiger partial charge >= 0.3 is 5.97 Å². The van der Waals surface area contributed by atoms with Gasteiger partial charge in [-0.1, -0.05) is 0 Å². The summed E-state index contributed by atoms with van der Waals surface area (Å²) in [6.07, 6.45) is 0. The number of hydrogen-bond acceptors (Lipinski definition) is 2. The van der Waals surface area contributed by atoms with E-state index in [0.29, 0.717) is 6.61 Å². The maximum absolute atomic E-state index is 10.7. The minimum absolute atomic E-state index is 0.356. The minimum atomic E-state index is -0.851. The van der Waals surface area contributed by atoms with Crippen LogP contribution in [0.15, 0.2) is 0 Å². The molecule has 9 heavy (non-hydrogen) atoms. The van der Waals surface area contributed by atoms with Crippen molar-refractivity contribution in [3.63, 3.8) is 0 Å². The molecule has 2 heteroatoms. The Hall–Kier alpha value is -0.530. The third kappa shape index (κ3) is 3.12. The lowest BCUT2D eigenvalue weighted by molar-refractivity contribution is -0.149. The van der Waals surface area contributed by atoms with Crippen LogP contribution in [0.5, 0.6) is 0 Å². The summed E-state index contributed by atoms with van der Waals surface area (Å²) in [5.74, 6) is -0.356. The van der Waals surface area contributed by atoms with Crippen LogP contribution in [-0.4, -0.2) is 12.6 Å². The third-order valence-electron chi connectivity index (χ3n) is 0.768. The van der Waals surface area contributed by atoms with Crippen molar-refractivity contribution in [3.8, 4) is 0 Å². The first-order valence-electron chi connectivity index (χ1n) is 2.86. The van der Waals surface area contributed by atoms with Crippen LogP contribution < -0.4 is 0 Å². The van der Waals surface area contributed by atoms with Gasteiger partial charge in [0.15, 0.2) is 0 Å². The fraction of sp³-hybridized carbons (Fsp3) is 0.571. The second kappa shape index (κ2) is 2.85. The number of esters is 1. The van der Waals surface area contributed by atoms with Crippen LogP contribution in [0.2, 0.25) is 0 Å². The summed E-state index contributed by atoms with van der Waals surface area (Å²) in [5.41, 5.74) is -0.851. The van der Waals surface area contributed by atoms with Crippen LogP contribution >= 0.6 is 0 Å². The molecule has 0 heterocycles. The zero-order valence-electron chi connectivity index (χ0n) is 5.94. The van der Waals surface area contributed by atoms with Gasteiger partial charge < -0.3 is 4.74 Å². The van der Waals surface area contributed by atoms with Crippen molar-refractivity contribution in [1.29, 1.82) is 0 Å². The van der Waals surface area contributed by atoms with Crippen molar-refractivity contribution >= 4 is 5.97 Å². The van der Waals surface area contributed by atoms with Gasteiger partial charge in [-0.3, -0.25) is 4.79 Å². The molecule has 0 unspecified atom stereocenters. The summed E-state index contributed by atoms with van der Waals surface area (Å²) in [5, 5.41) is 0. The number of rotatable bonds is 2. The first-order valence-corrected chi connectivity index (χ1v) is 2.86. The van der Waals surface area contributed by atoms with Crippen LogP contribution in [0.1, 0.15) is 13.8 Å². The molecule has 0 aliphatic rings. The fourth-order valence-electron chi connectivity index (χ4n) is 0.305. The lowest BCUT2D eigenvalue weighted by Gasteiger charge is -2.14. The van der Waals surface area contributed by atoms with Crippen molar-refractivity contribution in [3.05, 3.63) is 13.8 Å². The van der Waals surface area contributed by atoms with Gasteiger partial charge in [0.05, 0.1) is 12.0 Å². The quantitative estimate of drug-likeness (QED) is 0.523. The Morgan fingerprint density at radius 3 is 2.22 bits per heavy atom. The Balaban J connectivity index is 3.74. The third-order valence-corrected chi connectivity index (χ3v) is 0.768. The highest BCUT2D eigenvalue weighted by atomic mass is 16.5. The molecule has 0 atom stereocenters. The SMILES string of the molecule is [CH2]C([CH2])(C)C(=O)OCC. The number of carbonyl (C=O) groups is 1. The highest BCUT2D eigenvalue weighted by molar-refractivity contribution is 5.77. The lowest BCUT2D eigenvalue weighted by atomic mass is 9.97. The molecule has 0 aliphatic carbocycles. The van der Waals surface area contributed by atoms with E-state index in [4.69, 9.17) is 0 Å². The Bertz CT molecular complexity index is 100.0. The van der Waals surface area contributed by atoms with Crippen LogP contribution in [0, 0.1) is 19.3 Å². The van der Waals surface area contributed by atoms with E-state index in [9.17, 15) is 4.79 Å². The summed E-state index contributed by atoms with van der Waals surface area (Å²) < 4.78 is 4.64. The van der Waals surface area contributed by atoms with Gasteiger partial charge in [-0.05, 0) is 27.7 Å². The lowest BCUT2D eigenvalue weighted by Crippen LogP contribution is -2.23. The van der Waals surface area contributed by atoms with Gasteiger partial charge in [0.1, 0.15) is 0 Å². The van der Waals surface area contributed by atoms with Crippen molar-refractivity contribution in [1.82, 2.24) is 0 Å². The van der Waals surface area contributed by atoms with E-state index in [0.717, 1.165) is 0 Å². The molecule has 0 amide bonds. The second-order valence-corrected chi connectivity index (χ2v) is 2.28. The predicted octanol–water partition coefficient (Wildman–Crippen LogP) is 1.22. The van der Waals surface area contributed by atoms with E-state index >= 15 is 0 Å². The molecule has 0 saturated carbocycles. The normalized spacial score (nSPS) is 11.1. The van der Waals surface area contributed by atoms with Gasteiger partial charge in [0, 0.05) is 0 Å². The molecule has 0 bridgehead atoms. The average Bonchev–Trinajstić information content (AvgIpc) is 1.64. The van der Waals surface area contributed by atoms with Gasteiger partial charge in [-0.2, -0.15) is 0 Å². The number of carbonyl (C=O) groups excluding carboxylic acids is 1. The van der Waals surface area contributed by atoms with E-state index in [-0.39, 0.29) is 5.97 Å². The topological polar surface area (TPSA) is 26.3 Å². The molecule has 0 aliphatic heterocycles. The van der Waals surface area contributed by atoms with Crippen LogP contribution in [0.3, 0.4) is 0 Å². The fourth-order valence-corrected chi connectivity index (χ4v) is 0.305. The van der Waals surface area contributed by atoms with Gasteiger partial charge in [-0.15, -0.1) is 0 Å². The van der Waals surface area contributed by atoms with Gasteiger partial charge in [-0.25, -0.2) is 0 Å². The molecule has 2 nitrogen and oxygen atoms in total. The maximum Gasteiger partial charge on any atom is 0.311 e. The molecule has 0 fully saturated rings. The van der Waals surface area contributed by atoms with E-state index in [1.54, 1.807) is 13.8 Å². The van der Waals surface area contributed by atoms with E-state index < -0.39 is 5.41 Å². The number of hydrogen-bond donors (Lipinski definition) is 0. The first kappa shape index (κ1) is 8.47. The first-order chi connectivity index (χ1) is 3.98. The van der Waals surface area contributed by atoms with Crippen molar-refractivity contribution in [2.45, 2.75) is 13.8 Å². The summed E-state index contributed by atoms with van der Waals surface area (Å²) in [4.78, 5) is 10.7. The Kier molecular flexibility index (Phi) is 2.68. The zero-order chi connectivity index (χ0) is 7.49. The Morgan fingerprint density at radius 1 is 1.67 bits per heavy atom. The largest absolute Gasteiger partial charge is 0.466 e. The Morgan fingerprint density at radius 2 is 2.11 bits per heavy atom. The highest BCUT2D eigenvalue weighted by Crippen LogP contribution is 2.13.